The van der Waals surface area contributed by atoms with Crippen LogP contribution in [0.1, 0.15) is 38.5 Å². The molecular formula is C10H18O3S. The zero-order valence-electron chi connectivity index (χ0n) is 8.66. The predicted molar refractivity (Wildman–Crippen MR) is 55.9 cm³/mol. The molecule has 0 aromatic carbocycles. The van der Waals surface area contributed by atoms with E-state index in [1.807, 2.05) is 0 Å². The van der Waals surface area contributed by atoms with Crippen molar-refractivity contribution in [3.63, 3.8) is 0 Å². The first kappa shape index (κ1) is 11.7. The molecule has 0 N–H and O–H groups in total. The molecule has 14 heavy (non-hydrogen) atoms. The van der Waals surface area contributed by atoms with Crippen molar-refractivity contribution in [3.05, 3.63) is 0 Å². The summed E-state index contributed by atoms with van der Waals surface area (Å²) in [5, 5.41) is 0. The van der Waals surface area contributed by atoms with Gasteiger partial charge in [-0.2, -0.15) is 0 Å². The maximum atomic E-state index is 11.6. The average molecular weight is 218 g/mol. The first-order valence-electron chi connectivity index (χ1n) is 5.19. The summed E-state index contributed by atoms with van der Waals surface area (Å²) in [4.78, 5) is 11.6. The van der Waals surface area contributed by atoms with Gasteiger partial charge in [-0.3, -0.25) is 4.79 Å². The van der Waals surface area contributed by atoms with Crippen molar-refractivity contribution in [2.45, 2.75) is 38.5 Å². The smallest absolute Gasteiger partial charge is 0.154 e. The van der Waals surface area contributed by atoms with Gasteiger partial charge in [0.1, 0.15) is 5.75 Å². The number of ketones is 1. The SMILES string of the molecule is CS(=O)(=O)CC(=O)C1CCCCCC1. The lowest BCUT2D eigenvalue weighted by atomic mass is 9.96. The third-order valence-electron chi connectivity index (χ3n) is 2.71. The number of carbonyl (C=O) groups excluding carboxylic acids is 1. The van der Waals surface area contributed by atoms with Crippen LogP contribution in [0.15, 0.2) is 0 Å². The number of hydrogen-bond donors (Lipinski definition) is 0. The van der Waals surface area contributed by atoms with E-state index in [-0.39, 0.29) is 17.5 Å². The average Bonchev–Trinajstić information content (AvgIpc) is 2.27. The second-order valence-corrected chi connectivity index (χ2v) is 6.37. The highest BCUT2D eigenvalue weighted by Gasteiger charge is 2.22. The Hall–Kier alpha value is -0.380. The molecule has 0 radical (unpaired) electrons. The summed E-state index contributed by atoms with van der Waals surface area (Å²) in [5.74, 6) is -0.334. The first-order chi connectivity index (χ1) is 6.49. The molecule has 82 valence electrons. The van der Waals surface area contributed by atoms with Crippen LogP contribution >= 0.6 is 0 Å². The van der Waals surface area contributed by atoms with E-state index in [9.17, 15) is 13.2 Å². The number of hydrogen-bond acceptors (Lipinski definition) is 3. The highest BCUT2D eigenvalue weighted by atomic mass is 32.2. The topological polar surface area (TPSA) is 51.2 Å². The Labute approximate surface area is 85.8 Å². The fourth-order valence-electron chi connectivity index (χ4n) is 1.98. The third-order valence-corrected chi connectivity index (χ3v) is 3.52. The Morgan fingerprint density at radius 1 is 1.14 bits per heavy atom. The molecule has 0 spiro atoms. The van der Waals surface area contributed by atoms with Gasteiger partial charge in [0.2, 0.25) is 0 Å². The quantitative estimate of drug-likeness (QED) is 0.676. The van der Waals surface area contributed by atoms with Crippen LogP contribution in [0.3, 0.4) is 0 Å². The van der Waals surface area contributed by atoms with Crippen molar-refractivity contribution >= 4 is 15.6 Å². The molecule has 0 saturated heterocycles. The van der Waals surface area contributed by atoms with E-state index >= 15 is 0 Å². The molecule has 4 heteroatoms. The van der Waals surface area contributed by atoms with Crippen LogP contribution in [-0.4, -0.2) is 26.2 Å². The molecule has 1 fully saturated rings. The van der Waals surface area contributed by atoms with Crippen molar-refractivity contribution < 1.29 is 13.2 Å². The summed E-state index contributed by atoms with van der Waals surface area (Å²) < 4.78 is 21.9. The second-order valence-electron chi connectivity index (χ2n) is 4.22. The van der Waals surface area contributed by atoms with E-state index in [1.54, 1.807) is 0 Å². The summed E-state index contributed by atoms with van der Waals surface area (Å²) in [6.07, 6.45) is 7.40. The van der Waals surface area contributed by atoms with Crippen LogP contribution in [0.2, 0.25) is 0 Å². The molecule has 0 amide bonds. The van der Waals surface area contributed by atoms with Crippen LogP contribution in [-0.2, 0) is 14.6 Å². The summed E-state index contributed by atoms with van der Waals surface area (Å²) in [5.41, 5.74) is 0. The van der Waals surface area contributed by atoms with Gasteiger partial charge in [-0.25, -0.2) is 8.42 Å². The minimum atomic E-state index is -3.13. The van der Waals surface area contributed by atoms with E-state index in [2.05, 4.69) is 0 Å². The van der Waals surface area contributed by atoms with Crippen molar-refractivity contribution in [2.75, 3.05) is 12.0 Å². The number of carbonyl (C=O) groups is 1. The van der Waals surface area contributed by atoms with E-state index in [4.69, 9.17) is 0 Å². The molecule has 1 aliphatic carbocycles. The monoisotopic (exact) mass is 218 g/mol. The van der Waals surface area contributed by atoms with E-state index in [1.165, 1.54) is 12.8 Å². The molecule has 0 aromatic rings. The lowest BCUT2D eigenvalue weighted by molar-refractivity contribution is -0.120. The van der Waals surface area contributed by atoms with Gasteiger partial charge >= 0.3 is 0 Å². The molecule has 0 unspecified atom stereocenters. The third kappa shape index (κ3) is 4.22. The van der Waals surface area contributed by atoms with Crippen LogP contribution in [0.5, 0.6) is 0 Å². The molecule has 1 rings (SSSR count). The maximum Gasteiger partial charge on any atom is 0.154 e. The first-order valence-corrected chi connectivity index (χ1v) is 7.25. The highest BCUT2D eigenvalue weighted by molar-refractivity contribution is 7.91. The van der Waals surface area contributed by atoms with Gasteiger partial charge in [-0.15, -0.1) is 0 Å². The van der Waals surface area contributed by atoms with Crippen LogP contribution < -0.4 is 0 Å². The fraction of sp³-hybridized carbons (Fsp3) is 0.900. The van der Waals surface area contributed by atoms with Crippen molar-refractivity contribution in [1.29, 1.82) is 0 Å². The maximum absolute atomic E-state index is 11.6. The van der Waals surface area contributed by atoms with Crippen LogP contribution in [0.4, 0.5) is 0 Å². The Morgan fingerprint density at radius 2 is 1.64 bits per heavy atom. The Morgan fingerprint density at radius 3 is 2.07 bits per heavy atom. The van der Waals surface area contributed by atoms with Gasteiger partial charge in [0.05, 0.1) is 0 Å². The van der Waals surface area contributed by atoms with Gasteiger partial charge in [0.25, 0.3) is 0 Å². The van der Waals surface area contributed by atoms with Crippen molar-refractivity contribution in [1.82, 2.24) is 0 Å². The molecule has 0 heterocycles. The second kappa shape index (κ2) is 4.91. The molecular weight excluding hydrogens is 200 g/mol. The molecule has 0 bridgehead atoms. The summed E-state index contributed by atoms with van der Waals surface area (Å²) >= 11 is 0. The standard InChI is InChI=1S/C10H18O3S/c1-14(12,13)8-10(11)9-6-4-2-3-5-7-9/h9H,2-8H2,1H3. The summed E-state index contributed by atoms with van der Waals surface area (Å²) in [6, 6.07) is 0. The molecule has 0 aromatic heterocycles. The van der Waals surface area contributed by atoms with Crippen LogP contribution in [0.25, 0.3) is 0 Å². The largest absolute Gasteiger partial charge is 0.298 e. The lowest BCUT2D eigenvalue weighted by Crippen LogP contribution is -2.22. The molecule has 1 aliphatic rings. The highest BCUT2D eigenvalue weighted by Crippen LogP contribution is 2.23. The van der Waals surface area contributed by atoms with Gasteiger partial charge < -0.3 is 0 Å². The molecule has 0 aliphatic heterocycles. The molecule has 3 nitrogen and oxygen atoms in total. The van der Waals surface area contributed by atoms with Crippen LogP contribution in [0, 0.1) is 5.92 Å². The van der Waals surface area contributed by atoms with E-state index < -0.39 is 9.84 Å². The lowest BCUT2D eigenvalue weighted by Gasteiger charge is -2.11. The normalized spacial score (nSPS) is 20.4. The zero-order chi connectivity index (χ0) is 10.6. The Kier molecular flexibility index (Phi) is 4.11. The van der Waals surface area contributed by atoms with E-state index in [0.29, 0.717) is 0 Å². The minimum absolute atomic E-state index is 0.00669. The van der Waals surface area contributed by atoms with Crippen molar-refractivity contribution in [2.24, 2.45) is 5.92 Å². The van der Waals surface area contributed by atoms with Gasteiger partial charge in [0, 0.05) is 12.2 Å². The Bertz CT molecular complexity index is 284. The van der Waals surface area contributed by atoms with Crippen molar-refractivity contribution in [3.8, 4) is 0 Å². The number of rotatable bonds is 3. The predicted octanol–water partition coefficient (Wildman–Crippen LogP) is 1.57. The molecule has 1 saturated carbocycles. The minimum Gasteiger partial charge on any atom is -0.298 e. The zero-order valence-corrected chi connectivity index (χ0v) is 9.48. The van der Waals surface area contributed by atoms with Gasteiger partial charge in [-0.1, -0.05) is 25.7 Å². The fourth-order valence-corrected chi connectivity index (χ4v) is 2.73. The summed E-state index contributed by atoms with van der Waals surface area (Å²) in [6.45, 7) is 0. The number of sulfone groups is 1. The van der Waals surface area contributed by atoms with E-state index in [0.717, 1.165) is 31.9 Å². The summed E-state index contributed by atoms with van der Waals surface area (Å²) in [7, 11) is -3.13. The van der Waals surface area contributed by atoms with Gasteiger partial charge in [0.15, 0.2) is 15.6 Å². The number of Topliss-reactive ketones (excluding diaryl/α,β-unsaturated/α-hetero) is 1. The molecule has 0 atom stereocenters. The van der Waals surface area contributed by atoms with Gasteiger partial charge in [-0.05, 0) is 12.8 Å². The Balaban J connectivity index is 2.50.